The second-order valence-corrected chi connectivity index (χ2v) is 5.40. The Hall–Kier alpha value is -0.940. The van der Waals surface area contributed by atoms with E-state index in [0.29, 0.717) is 38.6 Å². The zero-order valence-corrected chi connectivity index (χ0v) is 11.7. The van der Waals surface area contributed by atoms with Crippen LogP contribution in [0.25, 0.3) is 0 Å². The summed E-state index contributed by atoms with van der Waals surface area (Å²) in [5.74, 6) is 0.493. The van der Waals surface area contributed by atoms with Crippen molar-refractivity contribution in [3.8, 4) is 0 Å². The van der Waals surface area contributed by atoms with Crippen molar-refractivity contribution in [1.29, 1.82) is 0 Å². The predicted molar refractivity (Wildman–Crippen MR) is 71.8 cm³/mol. The second kappa shape index (κ2) is 7.01. The monoisotopic (exact) mass is 268 g/mol. The van der Waals surface area contributed by atoms with Gasteiger partial charge in [-0.05, 0) is 19.8 Å². The Morgan fingerprint density at radius 3 is 2.74 bits per heavy atom. The molecule has 0 bridgehead atoms. The van der Waals surface area contributed by atoms with Gasteiger partial charge in [-0.15, -0.1) is 0 Å². The van der Waals surface area contributed by atoms with Crippen molar-refractivity contribution in [3.63, 3.8) is 0 Å². The van der Waals surface area contributed by atoms with Gasteiger partial charge in [0.1, 0.15) is 11.8 Å². The molecule has 108 valence electrons. The van der Waals surface area contributed by atoms with E-state index in [0.717, 1.165) is 12.8 Å². The van der Waals surface area contributed by atoms with E-state index in [1.54, 1.807) is 0 Å². The van der Waals surface area contributed by atoms with Crippen LogP contribution in [0.1, 0.15) is 32.6 Å². The van der Waals surface area contributed by atoms with Gasteiger partial charge in [0.05, 0.1) is 19.8 Å². The summed E-state index contributed by atoms with van der Waals surface area (Å²) in [4.78, 5) is 26.2. The van der Waals surface area contributed by atoms with Crippen LogP contribution in [0, 0.1) is 5.92 Å². The van der Waals surface area contributed by atoms with Crippen molar-refractivity contribution in [2.45, 2.75) is 38.6 Å². The highest BCUT2D eigenvalue weighted by atomic mass is 16.5. The van der Waals surface area contributed by atoms with Crippen LogP contribution in [0.15, 0.2) is 0 Å². The van der Waals surface area contributed by atoms with Crippen molar-refractivity contribution in [2.24, 2.45) is 5.92 Å². The SMILES string of the molecule is CCNC(=O)C1COCCN1CC(=O)C1CCCC1. The average Bonchev–Trinajstić information content (AvgIpc) is 2.93. The van der Waals surface area contributed by atoms with E-state index in [2.05, 4.69) is 5.32 Å². The Labute approximate surface area is 114 Å². The molecule has 1 unspecified atom stereocenters. The molecule has 1 N–H and O–H groups in total. The summed E-state index contributed by atoms with van der Waals surface area (Å²) in [5, 5.41) is 2.82. The van der Waals surface area contributed by atoms with Gasteiger partial charge in [-0.3, -0.25) is 14.5 Å². The Balaban J connectivity index is 1.91. The molecule has 1 saturated carbocycles. The first-order valence-corrected chi connectivity index (χ1v) is 7.34. The standard InChI is InChI=1S/C14H24N2O3/c1-2-15-14(18)12-10-19-8-7-16(12)9-13(17)11-5-3-4-6-11/h11-12H,2-10H2,1H3,(H,15,18). The lowest BCUT2D eigenvalue weighted by molar-refractivity contribution is -0.135. The number of ketones is 1. The van der Waals surface area contributed by atoms with E-state index < -0.39 is 0 Å². The van der Waals surface area contributed by atoms with Crippen LogP contribution in [0.3, 0.4) is 0 Å². The largest absolute Gasteiger partial charge is 0.378 e. The molecule has 1 atom stereocenters. The molecule has 1 aliphatic carbocycles. The fraction of sp³-hybridized carbons (Fsp3) is 0.857. The Morgan fingerprint density at radius 2 is 2.05 bits per heavy atom. The van der Waals surface area contributed by atoms with Crippen LogP contribution >= 0.6 is 0 Å². The Kier molecular flexibility index (Phi) is 5.34. The number of rotatable bonds is 5. The van der Waals surface area contributed by atoms with Crippen molar-refractivity contribution in [2.75, 3.05) is 32.8 Å². The summed E-state index contributed by atoms with van der Waals surface area (Å²) in [7, 11) is 0. The first-order chi connectivity index (χ1) is 9.22. The molecule has 0 aromatic carbocycles. The highest BCUT2D eigenvalue weighted by Gasteiger charge is 2.32. The topological polar surface area (TPSA) is 58.6 Å². The fourth-order valence-corrected chi connectivity index (χ4v) is 2.94. The highest BCUT2D eigenvalue weighted by Crippen LogP contribution is 2.26. The summed E-state index contributed by atoms with van der Waals surface area (Å²) in [5.41, 5.74) is 0. The van der Waals surface area contributed by atoms with E-state index in [1.165, 1.54) is 12.8 Å². The molecule has 19 heavy (non-hydrogen) atoms. The van der Waals surface area contributed by atoms with Crippen molar-refractivity contribution in [3.05, 3.63) is 0 Å². The Morgan fingerprint density at radius 1 is 1.32 bits per heavy atom. The van der Waals surface area contributed by atoms with Gasteiger partial charge in [0, 0.05) is 19.0 Å². The number of carbonyl (C=O) groups is 2. The third kappa shape index (κ3) is 3.76. The van der Waals surface area contributed by atoms with E-state index in [4.69, 9.17) is 4.74 Å². The smallest absolute Gasteiger partial charge is 0.239 e. The third-order valence-corrected chi connectivity index (χ3v) is 4.06. The van der Waals surface area contributed by atoms with E-state index in [9.17, 15) is 9.59 Å². The molecule has 1 aliphatic heterocycles. The molecule has 5 nitrogen and oxygen atoms in total. The number of Topliss-reactive ketones (excluding diaryl/α,β-unsaturated/α-hetero) is 1. The number of carbonyl (C=O) groups excluding carboxylic acids is 2. The molecule has 0 aromatic heterocycles. The molecule has 1 amide bonds. The number of likely N-dealkylation sites (N-methyl/N-ethyl adjacent to an activating group) is 1. The maximum atomic E-state index is 12.2. The van der Waals surface area contributed by atoms with Gasteiger partial charge in [0.2, 0.25) is 5.91 Å². The summed E-state index contributed by atoms with van der Waals surface area (Å²) in [6, 6.07) is -0.306. The zero-order valence-electron chi connectivity index (χ0n) is 11.7. The lowest BCUT2D eigenvalue weighted by atomic mass is 10.0. The average molecular weight is 268 g/mol. The normalized spacial score (nSPS) is 25.4. The molecule has 2 fully saturated rings. The van der Waals surface area contributed by atoms with E-state index in [1.807, 2.05) is 11.8 Å². The minimum absolute atomic E-state index is 0.0265. The van der Waals surface area contributed by atoms with Gasteiger partial charge in [-0.25, -0.2) is 0 Å². The van der Waals surface area contributed by atoms with Crippen molar-refractivity contribution in [1.82, 2.24) is 10.2 Å². The molecular weight excluding hydrogens is 244 g/mol. The van der Waals surface area contributed by atoms with Gasteiger partial charge in [0.25, 0.3) is 0 Å². The molecule has 1 heterocycles. The van der Waals surface area contributed by atoms with Crippen molar-refractivity contribution < 1.29 is 14.3 Å². The van der Waals surface area contributed by atoms with E-state index >= 15 is 0 Å². The molecule has 5 heteroatoms. The lowest BCUT2D eigenvalue weighted by Gasteiger charge is -2.34. The maximum absolute atomic E-state index is 12.2. The number of nitrogens with zero attached hydrogens (tertiary/aromatic N) is 1. The lowest BCUT2D eigenvalue weighted by Crippen LogP contribution is -2.55. The van der Waals surface area contributed by atoms with Crippen LogP contribution in [0.4, 0.5) is 0 Å². The molecule has 2 rings (SSSR count). The first kappa shape index (κ1) is 14.5. The first-order valence-electron chi connectivity index (χ1n) is 7.34. The summed E-state index contributed by atoms with van der Waals surface area (Å²) < 4.78 is 5.37. The van der Waals surface area contributed by atoms with Gasteiger partial charge < -0.3 is 10.1 Å². The number of amides is 1. The molecular formula is C14H24N2O3. The van der Waals surface area contributed by atoms with Crippen LogP contribution in [0.2, 0.25) is 0 Å². The van der Waals surface area contributed by atoms with E-state index in [-0.39, 0.29) is 17.9 Å². The summed E-state index contributed by atoms with van der Waals surface area (Å²) in [6.07, 6.45) is 4.38. The third-order valence-electron chi connectivity index (χ3n) is 4.06. The fourth-order valence-electron chi connectivity index (χ4n) is 2.94. The maximum Gasteiger partial charge on any atom is 0.239 e. The molecule has 0 aromatic rings. The number of ether oxygens (including phenoxy) is 1. The van der Waals surface area contributed by atoms with Crippen LogP contribution < -0.4 is 5.32 Å². The van der Waals surface area contributed by atoms with Crippen LogP contribution in [0.5, 0.6) is 0 Å². The highest BCUT2D eigenvalue weighted by molar-refractivity contribution is 5.85. The number of hydrogen-bond donors (Lipinski definition) is 1. The minimum atomic E-state index is -0.306. The van der Waals surface area contributed by atoms with Gasteiger partial charge >= 0.3 is 0 Å². The van der Waals surface area contributed by atoms with Crippen LogP contribution in [-0.2, 0) is 14.3 Å². The van der Waals surface area contributed by atoms with Gasteiger partial charge in [0.15, 0.2) is 0 Å². The minimum Gasteiger partial charge on any atom is -0.378 e. The quantitative estimate of drug-likeness (QED) is 0.792. The van der Waals surface area contributed by atoms with Gasteiger partial charge in [-0.1, -0.05) is 12.8 Å². The summed E-state index contributed by atoms with van der Waals surface area (Å²) in [6.45, 7) is 4.57. The van der Waals surface area contributed by atoms with Gasteiger partial charge in [-0.2, -0.15) is 0 Å². The molecule has 1 saturated heterocycles. The number of nitrogens with one attached hydrogen (secondary N) is 1. The predicted octanol–water partition coefficient (Wildman–Crippen LogP) is 0.583. The molecule has 0 radical (unpaired) electrons. The van der Waals surface area contributed by atoms with Crippen molar-refractivity contribution >= 4 is 11.7 Å². The number of morpholine rings is 1. The van der Waals surface area contributed by atoms with Crippen LogP contribution in [-0.4, -0.2) is 55.5 Å². The second-order valence-electron chi connectivity index (χ2n) is 5.40. The molecule has 0 spiro atoms. The number of hydrogen-bond acceptors (Lipinski definition) is 4. The zero-order chi connectivity index (χ0) is 13.7. The summed E-state index contributed by atoms with van der Waals surface area (Å²) >= 11 is 0. The Bertz CT molecular complexity index is 327. The molecule has 2 aliphatic rings.